The molecular weight excluding hydrogens is 288 g/mol. The van der Waals surface area contributed by atoms with E-state index in [-0.39, 0.29) is 0 Å². The quantitative estimate of drug-likeness (QED) is 0.724. The molecule has 0 spiro atoms. The number of hydrogen-bond donors (Lipinski definition) is 2. The lowest BCUT2D eigenvalue weighted by Crippen LogP contribution is -2.48. The summed E-state index contributed by atoms with van der Waals surface area (Å²) in [4.78, 5) is 4.24. The van der Waals surface area contributed by atoms with E-state index in [1.807, 2.05) is 18.2 Å². The highest BCUT2D eigenvalue weighted by Gasteiger charge is 2.50. The molecule has 0 unspecified atom stereocenters. The van der Waals surface area contributed by atoms with Gasteiger partial charge in [-0.3, -0.25) is 4.98 Å². The van der Waals surface area contributed by atoms with E-state index in [4.69, 9.17) is 4.74 Å². The van der Waals surface area contributed by atoms with Crippen LogP contribution in [0.25, 0.3) is 0 Å². The van der Waals surface area contributed by atoms with Crippen LogP contribution in [0, 0.1) is 17.3 Å². The van der Waals surface area contributed by atoms with Gasteiger partial charge in [0.05, 0.1) is 25.0 Å². The molecule has 3 atom stereocenters. The molecule has 1 aromatic rings. The van der Waals surface area contributed by atoms with Crippen molar-refractivity contribution in [3.8, 4) is 0 Å². The van der Waals surface area contributed by atoms with E-state index in [1.165, 1.54) is 18.4 Å². The fourth-order valence-corrected chi connectivity index (χ4v) is 3.88. The molecule has 2 bridgehead atoms. The molecule has 23 heavy (non-hydrogen) atoms. The lowest BCUT2D eigenvalue weighted by atomic mass is 9.49. The molecular formula is C19H28N2O2. The van der Waals surface area contributed by atoms with E-state index in [0.717, 1.165) is 11.6 Å². The Morgan fingerprint density at radius 3 is 3.00 bits per heavy atom. The number of hydrogen-bond acceptors (Lipinski definition) is 4. The van der Waals surface area contributed by atoms with Gasteiger partial charge in [-0.1, -0.05) is 26.0 Å². The lowest BCUT2D eigenvalue weighted by Gasteiger charge is -2.56. The highest BCUT2D eigenvalue weighted by Crippen LogP contribution is 2.59. The zero-order valence-corrected chi connectivity index (χ0v) is 14.2. The van der Waals surface area contributed by atoms with Crippen LogP contribution >= 0.6 is 0 Å². The minimum Gasteiger partial charge on any atom is -0.389 e. The van der Waals surface area contributed by atoms with E-state index in [0.29, 0.717) is 37.6 Å². The first kappa shape index (κ1) is 16.6. The molecule has 126 valence electrons. The Morgan fingerprint density at radius 1 is 1.43 bits per heavy atom. The van der Waals surface area contributed by atoms with Crippen molar-refractivity contribution in [1.29, 1.82) is 0 Å². The largest absolute Gasteiger partial charge is 0.389 e. The van der Waals surface area contributed by atoms with Crippen molar-refractivity contribution >= 4 is 0 Å². The first-order valence-corrected chi connectivity index (χ1v) is 8.62. The number of aromatic nitrogens is 1. The van der Waals surface area contributed by atoms with Crippen molar-refractivity contribution in [2.75, 3.05) is 19.8 Å². The Labute approximate surface area is 139 Å². The maximum absolute atomic E-state index is 10.0. The standard InChI is InChI=1S/C19H28N2O2/c1-19(2)15-7-6-14(18(19)9-15)12-23-13-17(22)11-20-10-16-5-3-4-8-21-16/h3-6,8,15,17-18,20,22H,7,9-13H2,1-2H3/t15-,17-,18+/m0/s1. The van der Waals surface area contributed by atoms with Crippen LogP contribution in [0.15, 0.2) is 36.0 Å². The van der Waals surface area contributed by atoms with E-state index >= 15 is 0 Å². The van der Waals surface area contributed by atoms with E-state index < -0.39 is 6.10 Å². The average molecular weight is 316 g/mol. The van der Waals surface area contributed by atoms with Crippen molar-refractivity contribution in [3.63, 3.8) is 0 Å². The minimum atomic E-state index is -0.481. The van der Waals surface area contributed by atoms with Crippen LogP contribution in [0.2, 0.25) is 0 Å². The minimum absolute atomic E-state index is 0.378. The first-order valence-electron chi connectivity index (χ1n) is 8.62. The molecule has 0 aromatic carbocycles. The molecule has 2 N–H and O–H groups in total. The molecule has 1 heterocycles. The van der Waals surface area contributed by atoms with Gasteiger partial charge in [0.25, 0.3) is 0 Å². The summed E-state index contributed by atoms with van der Waals surface area (Å²) in [6, 6.07) is 5.84. The summed E-state index contributed by atoms with van der Waals surface area (Å²) in [6.07, 6.45) is 6.16. The average Bonchev–Trinajstić information content (AvgIpc) is 2.56. The fraction of sp³-hybridized carbons (Fsp3) is 0.632. The van der Waals surface area contributed by atoms with Gasteiger partial charge in [-0.2, -0.15) is 0 Å². The smallest absolute Gasteiger partial charge is 0.0897 e. The number of aliphatic hydroxyl groups excluding tert-OH is 1. The predicted molar refractivity (Wildman–Crippen MR) is 90.8 cm³/mol. The number of rotatable bonds is 8. The Kier molecular flexibility index (Phi) is 5.14. The third-order valence-electron chi connectivity index (χ3n) is 5.57. The van der Waals surface area contributed by atoms with E-state index in [1.54, 1.807) is 6.20 Å². The second kappa shape index (κ2) is 7.12. The second-order valence-corrected chi connectivity index (χ2v) is 7.44. The normalized spacial score (nSPS) is 26.3. The number of pyridine rings is 1. The number of ether oxygens (including phenoxy) is 1. The summed E-state index contributed by atoms with van der Waals surface area (Å²) in [5.41, 5.74) is 2.86. The summed E-state index contributed by atoms with van der Waals surface area (Å²) < 4.78 is 5.75. The summed E-state index contributed by atoms with van der Waals surface area (Å²) in [5.74, 6) is 1.54. The molecule has 0 radical (unpaired) electrons. The van der Waals surface area contributed by atoms with Crippen LogP contribution in [-0.4, -0.2) is 36.0 Å². The first-order chi connectivity index (χ1) is 11.1. The molecule has 0 aliphatic heterocycles. The third-order valence-corrected chi connectivity index (χ3v) is 5.57. The maximum Gasteiger partial charge on any atom is 0.0897 e. The van der Waals surface area contributed by atoms with Gasteiger partial charge in [0, 0.05) is 19.3 Å². The maximum atomic E-state index is 10.0. The number of fused-ring (bicyclic) bond motifs is 1. The molecule has 0 saturated heterocycles. The molecule has 4 nitrogen and oxygen atoms in total. The SMILES string of the molecule is CC1(C)[C@H]2CC=C(COC[C@@H](O)CNCc3ccccn3)[C@H]1C2. The number of nitrogens with zero attached hydrogens (tertiary/aromatic N) is 1. The van der Waals surface area contributed by atoms with Gasteiger partial charge < -0.3 is 15.2 Å². The van der Waals surface area contributed by atoms with Crippen LogP contribution in [-0.2, 0) is 11.3 Å². The van der Waals surface area contributed by atoms with Gasteiger partial charge in [-0.15, -0.1) is 0 Å². The summed E-state index contributed by atoms with van der Waals surface area (Å²) in [7, 11) is 0. The second-order valence-electron chi connectivity index (χ2n) is 7.44. The van der Waals surface area contributed by atoms with Gasteiger partial charge >= 0.3 is 0 Å². The summed E-state index contributed by atoms with van der Waals surface area (Å²) >= 11 is 0. The Morgan fingerprint density at radius 2 is 2.30 bits per heavy atom. The van der Waals surface area contributed by atoms with Crippen molar-refractivity contribution in [2.45, 2.75) is 39.3 Å². The molecule has 1 aromatic heterocycles. The van der Waals surface area contributed by atoms with Crippen molar-refractivity contribution in [2.24, 2.45) is 17.3 Å². The third kappa shape index (κ3) is 3.82. The van der Waals surface area contributed by atoms with Gasteiger partial charge in [-0.25, -0.2) is 0 Å². The monoisotopic (exact) mass is 316 g/mol. The summed E-state index contributed by atoms with van der Waals surface area (Å²) in [6.45, 7) is 6.97. The van der Waals surface area contributed by atoms with Crippen LogP contribution in [0.4, 0.5) is 0 Å². The zero-order chi connectivity index (χ0) is 16.3. The topological polar surface area (TPSA) is 54.4 Å². The molecule has 3 aliphatic carbocycles. The van der Waals surface area contributed by atoms with Gasteiger partial charge in [0.1, 0.15) is 0 Å². The van der Waals surface area contributed by atoms with Crippen molar-refractivity contribution < 1.29 is 9.84 Å². The van der Waals surface area contributed by atoms with Crippen LogP contribution in [0.3, 0.4) is 0 Å². The van der Waals surface area contributed by atoms with Gasteiger partial charge in [0.15, 0.2) is 0 Å². The van der Waals surface area contributed by atoms with Crippen molar-refractivity contribution in [3.05, 3.63) is 41.7 Å². The number of allylic oxidation sites excluding steroid dienone is 1. The number of nitrogens with one attached hydrogen (secondary N) is 1. The highest BCUT2D eigenvalue weighted by molar-refractivity contribution is 5.23. The number of aliphatic hydroxyl groups is 1. The van der Waals surface area contributed by atoms with Gasteiger partial charge in [0.2, 0.25) is 0 Å². The van der Waals surface area contributed by atoms with E-state index in [9.17, 15) is 5.11 Å². The molecule has 4 rings (SSSR count). The molecule has 4 heteroatoms. The molecule has 1 fully saturated rings. The predicted octanol–water partition coefficient (Wildman–Crippen LogP) is 2.54. The van der Waals surface area contributed by atoms with Crippen molar-refractivity contribution in [1.82, 2.24) is 10.3 Å². The Balaban J connectivity index is 1.32. The van der Waals surface area contributed by atoms with Gasteiger partial charge in [-0.05, 0) is 47.8 Å². The lowest BCUT2D eigenvalue weighted by molar-refractivity contribution is -0.0235. The zero-order valence-electron chi connectivity index (χ0n) is 14.2. The molecule has 1 saturated carbocycles. The van der Waals surface area contributed by atoms with Crippen LogP contribution < -0.4 is 5.32 Å². The Bertz CT molecular complexity index is 542. The Hall–Kier alpha value is -1.23. The van der Waals surface area contributed by atoms with E-state index in [2.05, 4.69) is 30.2 Å². The van der Waals surface area contributed by atoms with Crippen LogP contribution in [0.5, 0.6) is 0 Å². The van der Waals surface area contributed by atoms with Crippen LogP contribution in [0.1, 0.15) is 32.4 Å². The summed E-state index contributed by atoms with van der Waals surface area (Å²) in [5, 5.41) is 13.2. The molecule has 3 aliphatic rings. The molecule has 0 amide bonds. The highest BCUT2D eigenvalue weighted by atomic mass is 16.5. The fourth-order valence-electron chi connectivity index (χ4n) is 3.88.